The van der Waals surface area contributed by atoms with Crippen LogP contribution in [-0.4, -0.2) is 24.9 Å². The minimum absolute atomic E-state index is 0.135. The molecule has 2 aromatic rings. The first-order valence-corrected chi connectivity index (χ1v) is 7.44. The summed E-state index contributed by atoms with van der Waals surface area (Å²) in [5.41, 5.74) is -0.177. The van der Waals surface area contributed by atoms with Gasteiger partial charge in [-0.15, -0.1) is 0 Å². The van der Waals surface area contributed by atoms with Crippen LogP contribution >= 0.6 is 11.6 Å². The van der Waals surface area contributed by atoms with Crippen LogP contribution in [0.25, 0.3) is 11.3 Å². The molecule has 2 rings (SSSR count). The molecule has 0 aliphatic carbocycles. The average Bonchev–Trinajstić information content (AvgIpc) is 2.56. The molecule has 0 saturated carbocycles. The van der Waals surface area contributed by atoms with Gasteiger partial charge in [0.05, 0.1) is 11.8 Å². The molecule has 9 heteroatoms. The highest BCUT2D eigenvalue weighted by molar-refractivity contribution is 7.92. The predicted molar refractivity (Wildman–Crippen MR) is 70.9 cm³/mol. The Morgan fingerprint density at radius 2 is 1.95 bits per heavy atom. The van der Waals surface area contributed by atoms with Crippen molar-refractivity contribution in [3.8, 4) is 22.8 Å². The fraction of sp³-hybridized carbons (Fsp3) is 0.0909. The van der Waals surface area contributed by atoms with E-state index in [0.29, 0.717) is 0 Å². The van der Waals surface area contributed by atoms with Crippen molar-refractivity contribution in [3.05, 3.63) is 29.0 Å². The van der Waals surface area contributed by atoms with E-state index >= 15 is 0 Å². The van der Waals surface area contributed by atoms with Crippen molar-refractivity contribution in [1.29, 1.82) is 0 Å². The molecule has 6 nitrogen and oxygen atoms in total. The van der Waals surface area contributed by atoms with Crippen LogP contribution < -0.4 is 4.72 Å². The van der Waals surface area contributed by atoms with Crippen molar-refractivity contribution in [1.82, 2.24) is 0 Å². The summed E-state index contributed by atoms with van der Waals surface area (Å²) in [5, 5.41) is 19.4. The first-order valence-electron chi connectivity index (χ1n) is 5.17. The van der Waals surface area contributed by atoms with Gasteiger partial charge < -0.3 is 14.6 Å². The van der Waals surface area contributed by atoms with Gasteiger partial charge in [-0.25, -0.2) is 12.8 Å². The summed E-state index contributed by atoms with van der Waals surface area (Å²) in [5.74, 6) is -3.43. The van der Waals surface area contributed by atoms with E-state index in [1.807, 2.05) is 4.72 Å². The molecular formula is C11H9ClFNO5S. The Labute approximate surface area is 118 Å². The molecule has 1 heterocycles. The lowest BCUT2D eigenvalue weighted by atomic mass is 10.1. The van der Waals surface area contributed by atoms with Crippen LogP contribution in [0.1, 0.15) is 0 Å². The number of halogens is 2. The number of furan rings is 1. The third-order valence-corrected chi connectivity index (χ3v) is 3.10. The number of nitrogens with one attached hydrogen (secondary N) is 1. The van der Waals surface area contributed by atoms with E-state index < -0.39 is 39.0 Å². The van der Waals surface area contributed by atoms with Crippen LogP contribution in [0, 0.1) is 5.82 Å². The molecule has 0 bridgehead atoms. The van der Waals surface area contributed by atoms with Crippen LogP contribution in [0.15, 0.2) is 22.6 Å². The molecule has 1 aromatic heterocycles. The summed E-state index contributed by atoms with van der Waals surface area (Å²) in [6, 6.07) is 3.56. The first kappa shape index (κ1) is 14.5. The molecule has 0 spiro atoms. The Bertz CT molecular complexity index is 771. The van der Waals surface area contributed by atoms with Crippen LogP contribution in [0.4, 0.5) is 10.3 Å². The minimum atomic E-state index is -3.73. The van der Waals surface area contributed by atoms with Crippen molar-refractivity contribution in [2.45, 2.75) is 0 Å². The molecular weight excluding hydrogens is 313 g/mol. The number of hydrogen-bond donors (Lipinski definition) is 3. The quantitative estimate of drug-likeness (QED) is 0.806. The van der Waals surface area contributed by atoms with Gasteiger partial charge in [0.15, 0.2) is 5.76 Å². The Morgan fingerprint density at radius 1 is 1.30 bits per heavy atom. The zero-order chi connectivity index (χ0) is 15.1. The standard InChI is InChI=1S/C11H9ClFNO5S/c1-20(17,18)14-11-9(16)8(15)10(19-11)6-3-2-5(12)4-7(6)13/h2-4,14-16H,1H3. The fourth-order valence-electron chi connectivity index (χ4n) is 1.51. The highest BCUT2D eigenvalue weighted by Crippen LogP contribution is 2.46. The third-order valence-electron chi connectivity index (χ3n) is 2.31. The second kappa shape index (κ2) is 4.88. The number of benzene rings is 1. The Hall–Kier alpha value is -1.93. The summed E-state index contributed by atoms with van der Waals surface area (Å²) in [6.45, 7) is 0. The van der Waals surface area contributed by atoms with Crippen molar-refractivity contribution >= 4 is 27.5 Å². The molecule has 0 amide bonds. The molecule has 0 aliphatic rings. The Kier molecular flexibility index (Phi) is 3.53. The average molecular weight is 322 g/mol. The molecule has 0 unspecified atom stereocenters. The topological polar surface area (TPSA) is 99.8 Å². The van der Waals surface area contributed by atoms with Gasteiger partial charge in [0.1, 0.15) is 5.82 Å². The monoisotopic (exact) mass is 321 g/mol. The van der Waals surface area contributed by atoms with Crippen molar-refractivity contribution in [2.24, 2.45) is 0 Å². The summed E-state index contributed by atoms with van der Waals surface area (Å²) < 4.78 is 42.7. The van der Waals surface area contributed by atoms with E-state index in [0.717, 1.165) is 12.3 Å². The lowest BCUT2D eigenvalue weighted by Crippen LogP contribution is -2.08. The Morgan fingerprint density at radius 3 is 2.50 bits per heavy atom. The van der Waals surface area contributed by atoms with E-state index in [1.165, 1.54) is 12.1 Å². The van der Waals surface area contributed by atoms with Gasteiger partial charge in [-0.3, -0.25) is 4.72 Å². The van der Waals surface area contributed by atoms with Crippen LogP contribution in [-0.2, 0) is 10.0 Å². The van der Waals surface area contributed by atoms with Crippen molar-refractivity contribution < 1.29 is 27.4 Å². The maximum atomic E-state index is 13.7. The largest absolute Gasteiger partial charge is 0.502 e. The van der Waals surface area contributed by atoms with Crippen molar-refractivity contribution in [3.63, 3.8) is 0 Å². The van der Waals surface area contributed by atoms with Gasteiger partial charge in [0.2, 0.25) is 21.5 Å². The fourth-order valence-corrected chi connectivity index (χ4v) is 2.14. The van der Waals surface area contributed by atoms with Crippen LogP contribution in [0.3, 0.4) is 0 Å². The number of rotatable bonds is 3. The number of aromatic hydroxyl groups is 2. The SMILES string of the molecule is CS(=O)(=O)Nc1oc(-c2ccc(Cl)cc2F)c(O)c1O. The van der Waals surface area contributed by atoms with Crippen molar-refractivity contribution in [2.75, 3.05) is 11.0 Å². The molecule has 1 aromatic carbocycles. The second-order valence-corrected chi connectivity index (χ2v) is 6.14. The van der Waals surface area contributed by atoms with Gasteiger partial charge >= 0.3 is 0 Å². The number of sulfonamides is 1. The molecule has 108 valence electrons. The summed E-state index contributed by atoms with van der Waals surface area (Å²) >= 11 is 5.59. The molecule has 0 fully saturated rings. The lowest BCUT2D eigenvalue weighted by molar-refractivity contribution is 0.410. The van der Waals surface area contributed by atoms with Gasteiger partial charge in [-0.1, -0.05) is 11.6 Å². The van der Waals surface area contributed by atoms with Crippen LogP contribution in [0.2, 0.25) is 5.02 Å². The molecule has 0 radical (unpaired) electrons. The van der Waals surface area contributed by atoms with Gasteiger partial charge in [0.25, 0.3) is 5.88 Å². The number of hydrogen-bond acceptors (Lipinski definition) is 5. The minimum Gasteiger partial charge on any atom is -0.502 e. The van der Waals surface area contributed by atoms with Gasteiger partial charge in [0, 0.05) is 5.02 Å². The maximum Gasteiger partial charge on any atom is 0.253 e. The zero-order valence-corrected chi connectivity index (χ0v) is 11.6. The second-order valence-electron chi connectivity index (χ2n) is 3.96. The van der Waals surface area contributed by atoms with E-state index in [4.69, 9.17) is 16.0 Å². The highest BCUT2D eigenvalue weighted by atomic mass is 35.5. The smallest absolute Gasteiger partial charge is 0.253 e. The molecule has 20 heavy (non-hydrogen) atoms. The third kappa shape index (κ3) is 2.81. The molecule has 3 N–H and O–H groups in total. The molecule has 0 atom stereocenters. The summed E-state index contributed by atoms with van der Waals surface area (Å²) in [6.07, 6.45) is 0.828. The van der Waals surface area contributed by atoms with E-state index in [-0.39, 0.29) is 10.6 Å². The van der Waals surface area contributed by atoms with Crippen LogP contribution in [0.5, 0.6) is 11.5 Å². The molecule has 0 aliphatic heterocycles. The van der Waals surface area contributed by atoms with Gasteiger partial charge in [-0.2, -0.15) is 0 Å². The zero-order valence-electron chi connectivity index (χ0n) is 10.0. The highest BCUT2D eigenvalue weighted by Gasteiger charge is 2.24. The van der Waals surface area contributed by atoms with E-state index in [1.54, 1.807) is 0 Å². The number of anilines is 1. The lowest BCUT2D eigenvalue weighted by Gasteiger charge is -2.01. The van der Waals surface area contributed by atoms with E-state index in [9.17, 15) is 23.0 Å². The maximum absolute atomic E-state index is 13.7. The van der Waals surface area contributed by atoms with E-state index in [2.05, 4.69) is 0 Å². The first-order chi connectivity index (χ1) is 9.19. The predicted octanol–water partition coefficient (Wildman–Crippen LogP) is 2.52. The summed E-state index contributed by atoms with van der Waals surface area (Å²) in [4.78, 5) is 0. The van der Waals surface area contributed by atoms with Gasteiger partial charge in [-0.05, 0) is 18.2 Å². The summed E-state index contributed by atoms with van der Waals surface area (Å²) in [7, 11) is -3.73. The molecule has 0 saturated heterocycles. The normalized spacial score (nSPS) is 11.6. The Balaban J connectivity index is 2.56.